The Bertz CT molecular complexity index is 868. The molecule has 1 aliphatic heterocycles. The fourth-order valence-corrected chi connectivity index (χ4v) is 4.67. The molecule has 0 saturated carbocycles. The summed E-state index contributed by atoms with van der Waals surface area (Å²) in [6.45, 7) is 4.55. The molecule has 146 valence electrons. The van der Waals surface area contributed by atoms with E-state index in [9.17, 15) is 9.59 Å². The zero-order chi connectivity index (χ0) is 19.2. The standard InChI is InChI=1S/C20H26BrN3O2S/c1-2-3-4-12-24-19(26)16-14-15(21)8-9-17(16)22-20(24)27-13-6-11-23-10-5-7-18(23)25/h8-9,14H,2-7,10-13H2,1H3. The number of halogens is 1. The molecule has 1 saturated heterocycles. The van der Waals surface area contributed by atoms with Crippen LogP contribution in [-0.4, -0.2) is 39.2 Å². The van der Waals surface area contributed by atoms with E-state index in [0.29, 0.717) is 18.4 Å². The van der Waals surface area contributed by atoms with Crippen LogP contribution in [0.2, 0.25) is 0 Å². The van der Waals surface area contributed by atoms with Crippen molar-refractivity contribution < 1.29 is 4.79 Å². The molecule has 1 aromatic heterocycles. The number of fused-ring (bicyclic) bond motifs is 1. The first-order valence-electron chi connectivity index (χ1n) is 9.71. The van der Waals surface area contributed by atoms with E-state index in [0.717, 1.165) is 66.1 Å². The summed E-state index contributed by atoms with van der Waals surface area (Å²) in [7, 11) is 0. The second-order valence-corrected chi connectivity index (χ2v) is 8.88. The van der Waals surface area contributed by atoms with Gasteiger partial charge in [-0.1, -0.05) is 47.5 Å². The van der Waals surface area contributed by atoms with Gasteiger partial charge in [-0.15, -0.1) is 0 Å². The molecule has 1 aromatic carbocycles. The summed E-state index contributed by atoms with van der Waals surface area (Å²) in [6.07, 6.45) is 5.78. The van der Waals surface area contributed by atoms with E-state index < -0.39 is 0 Å². The molecule has 0 bridgehead atoms. The molecule has 7 heteroatoms. The molecule has 3 rings (SSSR count). The molecule has 0 spiro atoms. The number of amides is 1. The van der Waals surface area contributed by atoms with E-state index in [-0.39, 0.29) is 11.5 Å². The Kier molecular flexibility index (Phi) is 7.35. The molecule has 1 fully saturated rings. The summed E-state index contributed by atoms with van der Waals surface area (Å²) in [5, 5.41) is 1.45. The number of hydrogen-bond acceptors (Lipinski definition) is 4. The van der Waals surface area contributed by atoms with Crippen LogP contribution in [0, 0.1) is 0 Å². The van der Waals surface area contributed by atoms with Gasteiger partial charge in [0.1, 0.15) is 0 Å². The molecule has 0 unspecified atom stereocenters. The molecule has 0 radical (unpaired) electrons. The fourth-order valence-electron chi connectivity index (χ4n) is 3.36. The minimum atomic E-state index is 0.0367. The summed E-state index contributed by atoms with van der Waals surface area (Å²) in [4.78, 5) is 31.4. The Hall–Kier alpha value is -1.34. The number of unbranched alkanes of at least 4 members (excludes halogenated alkanes) is 2. The monoisotopic (exact) mass is 451 g/mol. The smallest absolute Gasteiger partial charge is 0.262 e. The predicted molar refractivity (Wildman–Crippen MR) is 114 cm³/mol. The van der Waals surface area contributed by atoms with Crippen molar-refractivity contribution in [3.63, 3.8) is 0 Å². The van der Waals surface area contributed by atoms with Gasteiger partial charge in [0.2, 0.25) is 5.91 Å². The summed E-state index contributed by atoms with van der Waals surface area (Å²) >= 11 is 5.07. The number of nitrogens with zero attached hydrogens (tertiary/aromatic N) is 3. The highest BCUT2D eigenvalue weighted by molar-refractivity contribution is 9.10. The Morgan fingerprint density at radius 2 is 2.04 bits per heavy atom. The first kappa shape index (κ1) is 20.4. The number of thioether (sulfide) groups is 1. The van der Waals surface area contributed by atoms with Gasteiger partial charge in [0.15, 0.2) is 5.16 Å². The summed E-state index contributed by atoms with van der Waals surface area (Å²) < 4.78 is 2.72. The lowest BCUT2D eigenvalue weighted by Gasteiger charge is -2.16. The van der Waals surface area contributed by atoms with Crippen LogP contribution in [0.15, 0.2) is 32.6 Å². The molecule has 0 aliphatic carbocycles. The van der Waals surface area contributed by atoms with Crippen molar-refractivity contribution >= 4 is 44.5 Å². The maximum absolute atomic E-state index is 13.0. The number of rotatable bonds is 9. The average Bonchev–Trinajstić information content (AvgIpc) is 3.06. The van der Waals surface area contributed by atoms with Crippen molar-refractivity contribution in [1.29, 1.82) is 0 Å². The lowest BCUT2D eigenvalue weighted by atomic mass is 10.2. The van der Waals surface area contributed by atoms with Crippen molar-refractivity contribution in [3.8, 4) is 0 Å². The zero-order valence-electron chi connectivity index (χ0n) is 15.7. The quantitative estimate of drug-likeness (QED) is 0.321. The molecule has 2 heterocycles. The molecule has 27 heavy (non-hydrogen) atoms. The largest absolute Gasteiger partial charge is 0.343 e. The van der Waals surface area contributed by atoms with Crippen molar-refractivity contribution in [2.75, 3.05) is 18.8 Å². The number of aromatic nitrogens is 2. The highest BCUT2D eigenvalue weighted by Crippen LogP contribution is 2.22. The van der Waals surface area contributed by atoms with Crippen LogP contribution in [0.25, 0.3) is 10.9 Å². The van der Waals surface area contributed by atoms with Gasteiger partial charge in [0, 0.05) is 36.3 Å². The molecule has 2 aromatic rings. The fraction of sp³-hybridized carbons (Fsp3) is 0.550. The maximum Gasteiger partial charge on any atom is 0.262 e. The average molecular weight is 452 g/mol. The third-order valence-electron chi connectivity index (χ3n) is 4.84. The highest BCUT2D eigenvalue weighted by Gasteiger charge is 2.19. The predicted octanol–water partition coefficient (Wildman–Crippen LogP) is 4.45. The first-order chi connectivity index (χ1) is 13.1. The van der Waals surface area contributed by atoms with Crippen molar-refractivity contribution in [3.05, 3.63) is 33.0 Å². The molecule has 0 N–H and O–H groups in total. The lowest BCUT2D eigenvalue weighted by molar-refractivity contribution is -0.127. The van der Waals surface area contributed by atoms with Crippen LogP contribution in [-0.2, 0) is 11.3 Å². The van der Waals surface area contributed by atoms with E-state index >= 15 is 0 Å². The van der Waals surface area contributed by atoms with Gasteiger partial charge in [0.05, 0.1) is 10.9 Å². The van der Waals surface area contributed by atoms with Gasteiger partial charge in [-0.25, -0.2) is 4.98 Å². The van der Waals surface area contributed by atoms with Crippen molar-refractivity contribution in [2.24, 2.45) is 0 Å². The Morgan fingerprint density at radius 1 is 1.19 bits per heavy atom. The number of hydrogen-bond donors (Lipinski definition) is 0. The number of benzene rings is 1. The minimum Gasteiger partial charge on any atom is -0.343 e. The second-order valence-electron chi connectivity index (χ2n) is 6.91. The Morgan fingerprint density at radius 3 is 2.78 bits per heavy atom. The van der Waals surface area contributed by atoms with E-state index in [1.807, 2.05) is 27.7 Å². The van der Waals surface area contributed by atoms with Gasteiger partial charge >= 0.3 is 0 Å². The highest BCUT2D eigenvalue weighted by atomic mass is 79.9. The van der Waals surface area contributed by atoms with Crippen LogP contribution in [0.5, 0.6) is 0 Å². The Balaban J connectivity index is 1.75. The van der Waals surface area contributed by atoms with Crippen molar-refractivity contribution in [2.45, 2.75) is 57.1 Å². The third-order valence-corrected chi connectivity index (χ3v) is 6.40. The lowest BCUT2D eigenvalue weighted by Crippen LogP contribution is -2.26. The van der Waals surface area contributed by atoms with E-state index in [4.69, 9.17) is 4.98 Å². The van der Waals surface area contributed by atoms with Gasteiger partial charge in [-0.2, -0.15) is 0 Å². The van der Waals surface area contributed by atoms with Crippen LogP contribution >= 0.6 is 27.7 Å². The van der Waals surface area contributed by atoms with Crippen LogP contribution < -0.4 is 5.56 Å². The Labute approximate surface area is 172 Å². The molecular formula is C20H26BrN3O2S. The first-order valence-corrected chi connectivity index (χ1v) is 11.5. The summed E-state index contributed by atoms with van der Waals surface area (Å²) in [6, 6.07) is 5.67. The van der Waals surface area contributed by atoms with Gasteiger partial charge in [-0.3, -0.25) is 14.2 Å². The SMILES string of the molecule is CCCCCn1c(SCCCN2CCCC2=O)nc2ccc(Br)cc2c1=O. The number of carbonyl (C=O) groups excluding carboxylic acids is 1. The van der Waals surface area contributed by atoms with Gasteiger partial charge < -0.3 is 4.90 Å². The van der Waals surface area contributed by atoms with Crippen LogP contribution in [0.4, 0.5) is 0 Å². The van der Waals surface area contributed by atoms with E-state index in [2.05, 4.69) is 22.9 Å². The van der Waals surface area contributed by atoms with Gasteiger partial charge in [-0.05, 0) is 37.5 Å². The minimum absolute atomic E-state index is 0.0367. The molecule has 1 aliphatic rings. The summed E-state index contributed by atoms with van der Waals surface area (Å²) in [5.41, 5.74) is 0.779. The summed E-state index contributed by atoms with van der Waals surface area (Å²) in [5.74, 6) is 1.12. The van der Waals surface area contributed by atoms with Crippen LogP contribution in [0.3, 0.4) is 0 Å². The third kappa shape index (κ3) is 5.13. The molecule has 0 atom stereocenters. The number of likely N-dealkylation sites (tertiary alicyclic amines) is 1. The normalized spacial score (nSPS) is 14.4. The van der Waals surface area contributed by atoms with E-state index in [1.54, 1.807) is 11.8 Å². The molecule has 1 amide bonds. The maximum atomic E-state index is 13.0. The van der Waals surface area contributed by atoms with E-state index in [1.165, 1.54) is 0 Å². The molecular weight excluding hydrogens is 426 g/mol. The second kappa shape index (κ2) is 9.73. The van der Waals surface area contributed by atoms with Gasteiger partial charge in [0.25, 0.3) is 5.56 Å². The molecule has 5 nitrogen and oxygen atoms in total. The zero-order valence-corrected chi connectivity index (χ0v) is 18.1. The van der Waals surface area contributed by atoms with Crippen LogP contribution in [0.1, 0.15) is 45.4 Å². The van der Waals surface area contributed by atoms with Crippen molar-refractivity contribution in [1.82, 2.24) is 14.5 Å². The number of carbonyl (C=O) groups is 1. The topological polar surface area (TPSA) is 55.2 Å².